The van der Waals surface area contributed by atoms with Crippen molar-refractivity contribution in [1.29, 1.82) is 0 Å². The van der Waals surface area contributed by atoms with Crippen LogP contribution in [0.15, 0.2) is 54.6 Å². The quantitative estimate of drug-likeness (QED) is 0.489. The van der Waals surface area contributed by atoms with Crippen LogP contribution in [0.4, 0.5) is 4.39 Å². The van der Waals surface area contributed by atoms with E-state index >= 15 is 0 Å². The zero-order valence-electron chi connectivity index (χ0n) is 16.4. The van der Waals surface area contributed by atoms with Gasteiger partial charge in [0.1, 0.15) is 16.8 Å². The van der Waals surface area contributed by atoms with E-state index in [1.54, 1.807) is 25.1 Å². The molecule has 0 spiro atoms. The zero-order valence-corrected chi connectivity index (χ0v) is 17.2. The van der Waals surface area contributed by atoms with Crippen molar-refractivity contribution < 1.29 is 9.18 Å². The van der Waals surface area contributed by atoms with E-state index in [2.05, 4.69) is 15.4 Å². The topological polar surface area (TPSA) is 64.7 Å². The number of aromatic nitrogens is 4. The number of nitrogens with one attached hydrogen (secondary N) is 1. The second kappa shape index (κ2) is 8.12. The first-order valence-corrected chi connectivity index (χ1v) is 9.69. The number of amides is 1. The molecule has 0 fully saturated rings. The second-order valence-electron chi connectivity index (χ2n) is 6.81. The lowest BCUT2D eigenvalue weighted by atomic mass is 10.2. The Morgan fingerprint density at radius 1 is 1.20 bits per heavy atom. The normalized spacial score (nSPS) is 11.5. The average molecular weight is 424 g/mol. The Morgan fingerprint density at radius 3 is 2.67 bits per heavy atom. The van der Waals surface area contributed by atoms with Crippen molar-refractivity contribution in [3.8, 4) is 5.69 Å². The molecule has 0 aliphatic carbocycles. The van der Waals surface area contributed by atoms with Gasteiger partial charge in [-0.1, -0.05) is 23.7 Å². The number of halogens is 2. The third kappa shape index (κ3) is 3.84. The lowest BCUT2D eigenvalue weighted by Gasteiger charge is -2.03. The van der Waals surface area contributed by atoms with Gasteiger partial charge in [0.2, 0.25) is 5.91 Å². The van der Waals surface area contributed by atoms with Crippen LogP contribution in [0.3, 0.4) is 0 Å². The van der Waals surface area contributed by atoms with Crippen molar-refractivity contribution in [3.63, 3.8) is 0 Å². The molecule has 0 bridgehead atoms. The lowest BCUT2D eigenvalue weighted by Crippen LogP contribution is -2.22. The number of benzene rings is 2. The zero-order chi connectivity index (χ0) is 21.3. The molecule has 0 aliphatic rings. The fraction of sp³-hybridized carbons (Fsp3) is 0.136. The number of carbonyl (C=O) groups excluding carboxylic acids is 1. The van der Waals surface area contributed by atoms with E-state index < -0.39 is 0 Å². The number of hydrogen-bond acceptors (Lipinski definition) is 3. The average Bonchev–Trinajstić information content (AvgIpc) is 3.21. The smallest absolute Gasteiger partial charge is 0.244 e. The Bertz CT molecular complexity index is 1260. The molecular weight excluding hydrogens is 405 g/mol. The molecule has 2 aromatic heterocycles. The van der Waals surface area contributed by atoms with E-state index in [0.29, 0.717) is 28.6 Å². The van der Waals surface area contributed by atoms with E-state index in [9.17, 15) is 9.18 Å². The molecular formula is C22H19ClFN5O. The van der Waals surface area contributed by atoms with Gasteiger partial charge in [-0.25, -0.2) is 14.1 Å². The Hall–Kier alpha value is -3.45. The van der Waals surface area contributed by atoms with Gasteiger partial charge in [-0.05, 0) is 49.4 Å². The highest BCUT2D eigenvalue weighted by Gasteiger charge is 2.13. The van der Waals surface area contributed by atoms with Gasteiger partial charge in [-0.2, -0.15) is 5.10 Å². The van der Waals surface area contributed by atoms with Crippen molar-refractivity contribution in [1.82, 2.24) is 24.6 Å². The highest BCUT2D eigenvalue weighted by molar-refractivity contribution is 6.31. The summed E-state index contributed by atoms with van der Waals surface area (Å²) in [6.07, 6.45) is 3.03. The van der Waals surface area contributed by atoms with Gasteiger partial charge in [-0.3, -0.25) is 4.79 Å². The minimum atomic E-state index is -0.337. The van der Waals surface area contributed by atoms with Crippen LogP contribution in [0.1, 0.15) is 17.1 Å². The van der Waals surface area contributed by atoms with Crippen LogP contribution in [-0.2, 0) is 18.4 Å². The fourth-order valence-corrected chi connectivity index (χ4v) is 3.53. The van der Waals surface area contributed by atoms with Crippen LogP contribution in [0.2, 0.25) is 5.15 Å². The van der Waals surface area contributed by atoms with Crippen LogP contribution in [0, 0.1) is 12.7 Å². The van der Waals surface area contributed by atoms with Crippen molar-refractivity contribution in [2.45, 2.75) is 13.5 Å². The minimum Gasteiger partial charge on any atom is -0.345 e. The number of aryl methyl sites for hydroxylation is 2. The number of imidazole rings is 1. The van der Waals surface area contributed by atoms with Crippen LogP contribution in [-0.4, -0.2) is 25.2 Å². The molecule has 0 unspecified atom stereocenters. The number of para-hydroxylation sites is 2. The van der Waals surface area contributed by atoms with Gasteiger partial charge >= 0.3 is 0 Å². The SMILES string of the molecule is Cc1nn(-c2ccc(F)cc2)c(Cl)c1/C=C/C(=O)NCc1nc2ccccc2n1C. The van der Waals surface area contributed by atoms with Crippen molar-refractivity contribution >= 4 is 34.6 Å². The van der Waals surface area contributed by atoms with Crippen molar-refractivity contribution in [2.24, 2.45) is 7.05 Å². The third-order valence-corrected chi connectivity index (χ3v) is 5.18. The summed E-state index contributed by atoms with van der Waals surface area (Å²) in [5.41, 5.74) is 3.81. The maximum absolute atomic E-state index is 13.2. The Labute approximate surface area is 177 Å². The largest absolute Gasteiger partial charge is 0.345 e. The third-order valence-electron chi connectivity index (χ3n) is 4.82. The van der Waals surface area contributed by atoms with E-state index in [0.717, 1.165) is 16.9 Å². The number of nitrogens with zero attached hydrogens (tertiary/aromatic N) is 4. The van der Waals surface area contributed by atoms with Gasteiger partial charge < -0.3 is 9.88 Å². The van der Waals surface area contributed by atoms with Crippen molar-refractivity contribution in [3.05, 3.63) is 82.7 Å². The fourth-order valence-electron chi connectivity index (χ4n) is 3.19. The molecule has 0 saturated heterocycles. The Kier molecular flexibility index (Phi) is 5.37. The van der Waals surface area contributed by atoms with E-state index in [-0.39, 0.29) is 11.7 Å². The predicted molar refractivity (Wildman–Crippen MR) is 115 cm³/mol. The van der Waals surface area contributed by atoms with E-state index in [4.69, 9.17) is 11.6 Å². The molecule has 0 aliphatic heterocycles. The van der Waals surface area contributed by atoms with Gasteiger partial charge in [0.05, 0.1) is 29.0 Å². The first-order valence-electron chi connectivity index (χ1n) is 9.31. The van der Waals surface area contributed by atoms with E-state index in [1.807, 2.05) is 35.9 Å². The van der Waals surface area contributed by atoms with Gasteiger partial charge in [0.25, 0.3) is 0 Å². The predicted octanol–water partition coefficient (Wildman–Crippen LogP) is 4.19. The molecule has 2 heterocycles. The molecule has 4 rings (SSSR count). The van der Waals surface area contributed by atoms with E-state index in [1.165, 1.54) is 22.9 Å². The van der Waals surface area contributed by atoms with Crippen LogP contribution in [0.5, 0.6) is 0 Å². The maximum atomic E-state index is 13.2. The molecule has 8 heteroatoms. The minimum absolute atomic E-state index is 0.271. The molecule has 30 heavy (non-hydrogen) atoms. The number of hydrogen-bond donors (Lipinski definition) is 1. The van der Waals surface area contributed by atoms with Crippen LogP contribution in [0.25, 0.3) is 22.8 Å². The van der Waals surface area contributed by atoms with Gasteiger partial charge in [0.15, 0.2) is 0 Å². The summed E-state index contributed by atoms with van der Waals surface area (Å²) in [6, 6.07) is 13.7. The number of rotatable bonds is 5. The molecule has 2 aromatic carbocycles. The molecule has 1 N–H and O–H groups in total. The highest BCUT2D eigenvalue weighted by Crippen LogP contribution is 2.24. The summed E-state index contributed by atoms with van der Waals surface area (Å²) in [5, 5.41) is 7.56. The summed E-state index contributed by atoms with van der Waals surface area (Å²) >= 11 is 6.44. The Morgan fingerprint density at radius 2 is 1.93 bits per heavy atom. The summed E-state index contributed by atoms with van der Waals surface area (Å²) in [7, 11) is 1.92. The first-order chi connectivity index (χ1) is 14.4. The standard InChI is InChI=1S/C22H19ClFN5O/c1-14-17(22(23)29(27-14)16-9-7-15(24)8-10-16)11-12-21(30)25-13-20-26-18-5-3-4-6-19(18)28(20)2/h3-12H,13H2,1-2H3,(H,25,30)/b12-11+. The molecule has 6 nitrogen and oxygen atoms in total. The molecule has 152 valence electrons. The first kappa shape index (κ1) is 19.8. The summed E-state index contributed by atoms with van der Waals surface area (Å²) in [4.78, 5) is 16.8. The van der Waals surface area contributed by atoms with Crippen molar-refractivity contribution in [2.75, 3.05) is 0 Å². The molecule has 0 radical (unpaired) electrons. The summed E-state index contributed by atoms with van der Waals surface area (Å²) in [6.45, 7) is 2.10. The second-order valence-corrected chi connectivity index (χ2v) is 7.16. The van der Waals surface area contributed by atoms with Crippen LogP contribution >= 0.6 is 11.6 Å². The van der Waals surface area contributed by atoms with Gasteiger partial charge in [-0.15, -0.1) is 0 Å². The Balaban J connectivity index is 1.47. The monoisotopic (exact) mass is 423 g/mol. The summed E-state index contributed by atoms with van der Waals surface area (Å²) in [5.74, 6) is 0.152. The molecule has 4 aromatic rings. The van der Waals surface area contributed by atoms with Crippen LogP contribution < -0.4 is 5.32 Å². The maximum Gasteiger partial charge on any atom is 0.244 e. The van der Waals surface area contributed by atoms with Gasteiger partial charge in [0, 0.05) is 18.7 Å². The number of fused-ring (bicyclic) bond motifs is 1. The number of carbonyl (C=O) groups is 1. The molecule has 0 atom stereocenters. The highest BCUT2D eigenvalue weighted by atomic mass is 35.5. The molecule has 0 saturated carbocycles. The molecule has 1 amide bonds. The lowest BCUT2D eigenvalue weighted by molar-refractivity contribution is -0.116. The summed E-state index contributed by atoms with van der Waals surface area (Å²) < 4.78 is 16.6.